The van der Waals surface area contributed by atoms with E-state index < -0.39 is 24.7 Å². The van der Waals surface area contributed by atoms with Gasteiger partial charge < -0.3 is 42.2 Å². The van der Waals surface area contributed by atoms with Gasteiger partial charge in [0.15, 0.2) is 6.61 Å². The predicted molar refractivity (Wildman–Crippen MR) is 208 cm³/mol. The molecule has 0 saturated heterocycles. The van der Waals surface area contributed by atoms with E-state index in [-0.39, 0.29) is 31.3 Å². The number of nitrogens with zero attached hydrogens (tertiary/aromatic N) is 2. The van der Waals surface area contributed by atoms with Gasteiger partial charge in [0.05, 0.1) is 11.1 Å². The molecule has 53 heavy (non-hydrogen) atoms. The number of pyridine rings is 1. The maximum Gasteiger partial charge on any atom is 0.341 e. The maximum atomic E-state index is 14.4. The largest absolute Gasteiger partial charge is 0.482 e. The second-order valence-corrected chi connectivity index (χ2v) is 13.9. The molecule has 5 rings (SSSR count). The number of unbranched alkanes of at least 4 members (excludes halogenated alkanes) is 1. The summed E-state index contributed by atoms with van der Waals surface area (Å²) in [5.74, 6) is -1.40. The average molecular weight is 758 g/mol. The number of nitrogens with two attached hydrogens (primary N) is 3. The number of carboxylic acid groups (broad SMARTS) is 1. The summed E-state index contributed by atoms with van der Waals surface area (Å²) in [4.78, 5) is 49.0. The lowest BCUT2D eigenvalue weighted by atomic mass is 9.98. The smallest absolute Gasteiger partial charge is 0.341 e. The Balaban J connectivity index is 1.50. The van der Waals surface area contributed by atoms with E-state index in [1.165, 1.54) is 16.7 Å². The van der Waals surface area contributed by atoms with Gasteiger partial charge in [0, 0.05) is 54.8 Å². The highest BCUT2D eigenvalue weighted by atomic mass is 35.5. The summed E-state index contributed by atoms with van der Waals surface area (Å²) < 4.78 is 5.35. The number of aromatic amines is 1. The van der Waals surface area contributed by atoms with Gasteiger partial charge in [-0.2, -0.15) is 0 Å². The molecular weight excluding hydrogens is 714 g/mol. The van der Waals surface area contributed by atoms with E-state index in [2.05, 4.69) is 15.3 Å². The molecule has 14 heteroatoms. The molecular formula is C39H44ClN7O5S. The van der Waals surface area contributed by atoms with E-state index in [0.717, 1.165) is 39.6 Å². The molecule has 2 aromatic heterocycles. The molecule has 2 heterocycles. The van der Waals surface area contributed by atoms with Crippen LogP contribution in [0.5, 0.6) is 5.75 Å². The Morgan fingerprint density at radius 3 is 2.53 bits per heavy atom. The first-order valence-electron chi connectivity index (χ1n) is 17.2. The molecule has 9 N–H and O–H groups in total. The van der Waals surface area contributed by atoms with Gasteiger partial charge in [0.1, 0.15) is 16.8 Å². The van der Waals surface area contributed by atoms with Crippen molar-refractivity contribution in [1.82, 2.24) is 20.2 Å². The van der Waals surface area contributed by atoms with Crippen LogP contribution < -0.4 is 27.3 Å². The van der Waals surface area contributed by atoms with Crippen molar-refractivity contribution in [1.29, 1.82) is 0 Å². The van der Waals surface area contributed by atoms with Crippen molar-refractivity contribution in [3.05, 3.63) is 107 Å². The molecule has 2 amide bonds. The molecule has 0 aliphatic heterocycles. The highest BCUT2D eigenvalue weighted by Gasteiger charge is 2.31. The minimum Gasteiger partial charge on any atom is -0.482 e. The van der Waals surface area contributed by atoms with Crippen LogP contribution in [0.4, 0.5) is 0 Å². The third kappa shape index (κ3) is 9.95. The molecule has 0 spiro atoms. The van der Waals surface area contributed by atoms with Crippen molar-refractivity contribution in [2.45, 2.75) is 60.8 Å². The first-order valence-corrected chi connectivity index (χ1v) is 18.4. The lowest BCUT2D eigenvalue weighted by molar-refractivity contribution is -0.140. The summed E-state index contributed by atoms with van der Waals surface area (Å²) in [6.45, 7) is 0.349. The van der Waals surface area contributed by atoms with Crippen LogP contribution >= 0.6 is 23.4 Å². The monoisotopic (exact) mass is 757 g/mol. The van der Waals surface area contributed by atoms with E-state index in [1.807, 2.05) is 60.8 Å². The SMILES string of the molecule is CN(C(=O)[C@@H](N)CCCCN)[C@@H](Cc1c[nH]c2ccccc12)C(=O)NCc1c(-c2ccc(OCC(=O)O)cc2)ccc(Cl)c1Sc1ncccc1CN. The number of carboxylic acids is 1. The Kier molecular flexibility index (Phi) is 13.9. The van der Waals surface area contributed by atoms with Gasteiger partial charge in [-0.25, -0.2) is 9.78 Å². The van der Waals surface area contributed by atoms with E-state index in [9.17, 15) is 14.4 Å². The molecule has 278 valence electrons. The summed E-state index contributed by atoms with van der Waals surface area (Å²) in [6, 6.07) is 20.4. The summed E-state index contributed by atoms with van der Waals surface area (Å²) in [5.41, 5.74) is 22.9. The van der Waals surface area contributed by atoms with Crippen LogP contribution in [0.2, 0.25) is 5.02 Å². The van der Waals surface area contributed by atoms with Crippen molar-refractivity contribution in [2.75, 3.05) is 20.2 Å². The van der Waals surface area contributed by atoms with E-state index in [1.54, 1.807) is 31.4 Å². The van der Waals surface area contributed by atoms with Gasteiger partial charge >= 0.3 is 5.97 Å². The second kappa shape index (κ2) is 18.7. The highest BCUT2D eigenvalue weighted by Crippen LogP contribution is 2.41. The Hall–Kier alpha value is -4.92. The number of rotatable bonds is 18. The summed E-state index contributed by atoms with van der Waals surface area (Å²) >= 11 is 8.24. The number of ether oxygens (including phenoxy) is 1. The second-order valence-electron chi connectivity index (χ2n) is 12.5. The van der Waals surface area contributed by atoms with Crippen LogP contribution in [0.15, 0.2) is 95.1 Å². The van der Waals surface area contributed by atoms with Gasteiger partial charge in [-0.1, -0.05) is 72.2 Å². The highest BCUT2D eigenvalue weighted by molar-refractivity contribution is 7.99. The molecule has 3 aromatic carbocycles. The van der Waals surface area contributed by atoms with Crippen LogP contribution in [0.1, 0.15) is 36.0 Å². The van der Waals surface area contributed by atoms with Gasteiger partial charge in [0.25, 0.3) is 0 Å². The lowest BCUT2D eigenvalue weighted by Gasteiger charge is -2.30. The number of carbonyl (C=O) groups excluding carboxylic acids is 2. The molecule has 0 unspecified atom stereocenters. The zero-order valence-corrected chi connectivity index (χ0v) is 31.0. The molecule has 0 radical (unpaired) electrons. The van der Waals surface area contributed by atoms with Gasteiger partial charge in [-0.3, -0.25) is 9.59 Å². The van der Waals surface area contributed by atoms with Crippen LogP contribution in [0.3, 0.4) is 0 Å². The molecule has 0 fully saturated rings. The number of hydrogen-bond acceptors (Lipinski definition) is 9. The number of amides is 2. The first kappa shape index (κ1) is 39.3. The lowest BCUT2D eigenvalue weighted by Crippen LogP contribution is -2.53. The topological polar surface area (TPSA) is 203 Å². The Bertz CT molecular complexity index is 2040. The van der Waals surface area contributed by atoms with Crippen LogP contribution in [-0.2, 0) is 33.9 Å². The minimum absolute atomic E-state index is 0.0497. The van der Waals surface area contributed by atoms with Crippen LogP contribution in [0, 0.1) is 0 Å². The van der Waals surface area contributed by atoms with Crippen molar-refractivity contribution >= 4 is 52.0 Å². The normalized spacial score (nSPS) is 12.3. The molecule has 0 saturated carbocycles. The number of para-hydroxylation sites is 1. The van der Waals surface area contributed by atoms with Gasteiger partial charge in [-0.05, 0) is 77.5 Å². The number of aromatic nitrogens is 2. The molecule has 5 aromatic rings. The fraction of sp³-hybridized carbons (Fsp3) is 0.282. The molecule has 0 aliphatic rings. The number of carbonyl (C=O) groups is 3. The molecule has 0 bridgehead atoms. The molecule has 0 aliphatic carbocycles. The van der Waals surface area contributed by atoms with Crippen molar-refractivity contribution in [3.8, 4) is 16.9 Å². The number of H-pyrrole nitrogens is 1. The van der Waals surface area contributed by atoms with E-state index >= 15 is 0 Å². The number of fused-ring (bicyclic) bond motifs is 1. The third-order valence-corrected chi connectivity index (χ3v) is 10.6. The van der Waals surface area contributed by atoms with Crippen molar-refractivity contribution in [2.24, 2.45) is 17.2 Å². The number of halogens is 1. The summed E-state index contributed by atoms with van der Waals surface area (Å²) in [6.07, 6.45) is 5.67. The van der Waals surface area contributed by atoms with E-state index in [0.29, 0.717) is 45.6 Å². The number of benzene rings is 3. The summed E-state index contributed by atoms with van der Waals surface area (Å²) in [7, 11) is 1.61. The Labute approximate surface area is 317 Å². The van der Waals surface area contributed by atoms with Gasteiger partial charge in [0.2, 0.25) is 11.8 Å². The Morgan fingerprint density at radius 2 is 1.79 bits per heavy atom. The maximum absolute atomic E-state index is 14.4. The van der Waals surface area contributed by atoms with Gasteiger partial charge in [-0.15, -0.1) is 0 Å². The quantitative estimate of drug-likeness (QED) is 0.0653. The number of aliphatic carboxylic acids is 1. The summed E-state index contributed by atoms with van der Waals surface area (Å²) in [5, 5.41) is 14.2. The number of hydrogen-bond donors (Lipinski definition) is 6. The fourth-order valence-corrected chi connectivity index (χ4v) is 7.41. The van der Waals surface area contributed by atoms with Crippen molar-refractivity contribution in [3.63, 3.8) is 0 Å². The fourth-order valence-electron chi connectivity index (χ4n) is 6.05. The first-order chi connectivity index (χ1) is 25.6. The average Bonchev–Trinajstić information content (AvgIpc) is 3.58. The predicted octanol–water partition coefficient (Wildman–Crippen LogP) is 5.10. The minimum atomic E-state index is -1.08. The molecule has 12 nitrogen and oxygen atoms in total. The standard InChI is InChI=1S/C39H44ClN7O5S/c1-47(39(51)32(43)9-4-5-17-41)34(19-26-21-45-33-10-3-2-8-29(26)33)37(50)46-22-30-28(24-11-13-27(14-12-24)52-23-35(48)49)15-16-31(40)36(30)53-38-25(20-42)7-6-18-44-38/h2-3,6-8,10-16,18,21,32,34,45H,4-5,9,17,19-20,22-23,41-43H2,1H3,(H,46,50)(H,48,49)/t32-,34-/m0/s1. The number of nitrogens with one attached hydrogen (secondary N) is 2. The zero-order valence-electron chi connectivity index (χ0n) is 29.4. The zero-order chi connectivity index (χ0) is 37.9. The molecule has 2 atom stereocenters. The van der Waals surface area contributed by atoms with Crippen molar-refractivity contribution < 1.29 is 24.2 Å². The Morgan fingerprint density at radius 1 is 1.02 bits per heavy atom. The third-order valence-electron chi connectivity index (χ3n) is 8.94. The van der Waals surface area contributed by atoms with E-state index in [4.69, 9.17) is 38.6 Å². The van der Waals surface area contributed by atoms with Crippen LogP contribution in [0.25, 0.3) is 22.0 Å². The number of likely N-dealkylation sites (N-methyl/N-ethyl adjacent to an activating group) is 1. The van der Waals surface area contributed by atoms with Crippen LogP contribution in [-0.4, -0.2) is 70.0 Å².